The van der Waals surface area contributed by atoms with E-state index < -0.39 is 10.1 Å². The van der Waals surface area contributed by atoms with Gasteiger partial charge in [-0.25, -0.2) is 0 Å². The summed E-state index contributed by atoms with van der Waals surface area (Å²) in [4.78, 5) is 3.47. The highest BCUT2D eigenvalue weighted by Gasteiger charge is 2.20. The fourth-order valence-electron chi connectivity index (χ4n) is 3.57. The van der Waals surface area contributed by atoms with E-state index in [0.29, 0.717) is 5.75 Å². The van der Waals surface area contributed by atoms with Crippen LogP contribution in [0.25, 0.3) is 22.2 Å². The van der Waals surface area contributed by atoms with Crippen LogP contribution >= 0.6 is 0 Å². The van der Waals surface area contributed by atoms with Crippen molar-refractivity contribution in [3.63, 3.8) is 0 Å². The van der Waals surface area contributed by atoms with E-state index >= 15 is 0 Å². The van der Waals surface area contributed by atoms with Crippen molar-refractivity contribution in [2.75, 3.05) is 0 Å². The van der Waals surface area contributed by atoms with E-state index in [1.807, 2.05) is 66.7 Å². The first-order chi connectivity index (χ1) is 16.1. The van der Waals surface area contributed by atoms with Gasteiger partial charge in [-0.2, -0.15) is 8.42 Å². The fraction of sp³-hybridized carbons (Fsp3) is 0.0370. The third-order valence-corrected chi connectivity index (χ3v) is 6.50. The van der Waals surface area contributed by atoms with Gasteiger partial charge in [0.1, 0.15) is 11.5 Å². The minimum Gasteiger partial charge on any atom is -0.485 e. The van der Waals surface area contributed by atoms with E-state index in [9.17, 15) is 8.42 Å². The normalized spacial score (nSPS) is 11.4. The van der Waals surface area contributed by atoms with Gasteiger partial charge in [-0.05, 0) is 48.0 Å². The van der Waals surface area contributed by atoms with Gasteiger partial charge >= 0.3 is 10.1 Å². The molecule has 0 aliphatic heterocycles. The van der Waals surface area contributed by atoms with Crippen molar-refractivity contribution in [3.8, 4) is 22.8 Å². The lowest BCUT2D eigenvalue weighted by Gasteiger charge is -2.14. The number of para-hydroxylation sites is 1. The molecule has 0 unspecified atom stereocenters. The smallest absolute Gasteiger partial charge is 0.339 e. The quantitative estimate of drug-likeness (QED) is 0.298. The molecule has 0 bridgehead atoms. The fourth-order valence-corrected chi connectivity index (χ4v) is 4.54. The van der Waals surface area contributed by atoms with E-state index in [-0.39, 0.29) is 17.3 Å². The first kappa shape index (κ1) is 20.8. The zero-order chi connectivity index (χ0) is 22.7. The van der Waals surface area contributed by atoms with Crippen LogP contribution in [0.5, 0.6) is 11.5 Å². The Labute approximate surface area is 192 Å². The number of fused-ring (bicyclic) bond motifs is 1. The van der Waals surface area contributed by atoms with Crippen molar-refractivity contribution in [1.82, 2.24) is 4.98 Å². The van der Waals surface area contributed by atoms with Crippen molar-refractivity contribution in [1.29, 1.82) is 0 Å². The van der Waals surface area contributed by atoms with Crippen molar-refractivity contribution in [3.05, 3.63) is 115 Å². The van der Waals surface area contributed by atoms with Gasteiger partial charge in [0.05, 0.1) is 0 Å². The van der Waals surface area contributed by atoms with Crippen molar-refractivity contribution in [2.45, 2.75) is 11.5 Å². The highest BCUT2D eigenvalue weighted by molar-refractivity contribution is 7.87. The Balaban J connectivity index is 1.51. The SMILES string of the molecule is O=S(=O)(Oc1ccc(-c2cc3ccccc3[nH]2)cc1OCc1ccccc1)c1ccccc1. The highest BCUT2D eigenvalue weighted by atomic mass is 32.2. The van der Waals surface area contributed by atoms with Gasteiger partial charge < -0.3 is 13.9 Å². The standard InChI is InChI=1S/C27H21NO4S/c29-33(30,23-12-5-2-6-13-23)32-26-16-15-22(25-17-21-11-7-8-14-24(21)28-25)18-27(26)31-19-20-9-3-1-4-10-20/h1-18,28H,19H2. The van der Waals surface area contributed by atoms with Crippen LogP contribution in [0.15, 0.2) is 114 Å². The third-order valence-electron chi connectivity index (χ3n) is 5.25. The Bertz CT molecular complexity index is 1460. The maximum atomic E-state index is 12.8. The van der Waals surface area contributed by atoms with Gasteiger partial charge in [-0.3, -0.25) is 0 Å². The van der Waals surface area contributed by atoms with E-state index in [0.717, 1.165) is 27.7 Å². The number of hydrogen-bond acceptors (Lipinski definition) is 4. The molecule has 0 aliphatic carbocycles. The first-order valence-corrected chi connectivity index (χ1v) is 11.9. The largest absolute Gasteiger partial charge is 0.485 e. The summed E-state index contributed by atoms with van der Waals surface area (Å²) in [5.74, 6) is 0.476. The number of hydrogen-bond donors (Lipinski definition) is 1. The van der Waals surface area contributed by atoms with Gasteiger partial charge in [0.2, 0.25) is 0 Å². The number of aromatic amines is 1. The van der Waals surface area contributed by atoms with Crippen LogP contribution in [-0.2, 0) is 16.7 Å². The second-order valence-electron chi connectivity index (χ2n) is 7.56. The lowest BCUT2D eigenvalue weighted by atomic mass is 10.1. The average Bonchev–Trinajstić information content (AvgIpc) is 3.29. The molecule has 33 heavy (non-hydrogen) atoms. The average molecular weight is 456 g/mol. The van der Waals surface area contributed by atoms with Gasteiger partial charge in [0.25, 0.3) is 0 Å². The molecule has 1 heterocycles. The van der Waals surface area contributed by atoms with E-state index in [1.54, 1.807) is 30.3 Å². The molecule has 0 amide bonds. The minimum absolute atomic E-state index is 0.0821. The molecule has 0 aliphatic rings. The number of ether oxygens (including phenoxy) is 1. The summed E-state index contributed by atoms with van der Waals surface area (Å²) in [6.07, 6.45) is 0. The number of nitrogens with one attached hydrogen (secondary N) is 1. The van der Waals surface area contributed by atoms with Crippen LogP contribution in [0.3, 0.4) is 0 Å². The topological polar surface area (TPSA) is 68.4 Å². The molecule has 5 aromatic rings. The maximum absolute atomic E-state index is 12.8. The monoisotopic (exact) mass is 455 g/mol. The molecule has 1 aromatic heterocycles. The zero-order valence-corrected chi connectivity index (χ0v) is 18.5. The summed E-state index contributed by atoms with van der Waals surface area (Å²) in [5, 5.41) is 1.09. The Morgan fingerprint density at radius 2 is 1.39 bits per heavy atom. The molecule has 0 fully saturated rings. The molecule has 0 atom stereocenters. The van der Waals surface area contributed by atoms with Crippen molar-refractivity contribution < 1.29 is 17.3 Å². The molecule has 1 N–H and O–H groups in total. The molecule has 4 aromatic carbocycles. The Morgan fingerprint density at radius 1 is 0.697 bits per heavy atom. The Morgan fingerprint density at radius 3 is 2.15 bits per heavy atom. The predicted molar refractivity (Wildman–Crippen MR) is 129 cm³/mol. The summed E-state index contributed by atoms with van der Waals surface area (Å²) < 4.78 is 37.2. The third kappa shape index (κ3) is 4.61. The van der Waals surface area contributed by atoms with Gasteiger partial charge in [0, 0.05) is 22.2 Å². The molecule has 0 saturated carbocycles. The Kier molecular flexibility index (Phi) is 5.59. The highest BCUT2D eigenvalue weighted by Crippen LogP contribution is 2.35. The molecule has 0 spiro atoms. The minimum atomic E-state index is -4.00. The van der Waals surface area contributed by atoms with Crippen LogP contribution in [0.1, 0.15) is 5.56 Å². The van der Waals surface area contributed by atoms with Gasteiger partial charge in [0.15, 0.2) is 11.5 Å². The first-order valence-electron chi connectivity index (χ1n) is 10.5. The van der Waals surface area contributed by atoms with Crippen LogP contribution < -0.4 is 8.92 Å². The van der Waals surface area contributed by atoms with Gasteiger partial charge in [-0.15, -0.1) is 0 Å². The molecule has 5 nitrogen and oxygen atoms in total. The van der Waals surface area contributed by atoms with Crippen molar-refractivity contribution in [2.24, 2.45) is 0 Å². The van der Waals surface area contributed by atoms with Gasteiger partial charge in [-0.1, -0.05) is 66.7 Å². The summed E-state index contributed by atoms with van der Waals surface area (Å²) in [7, 11) is -4.00. The lowest BCUT2D eigenvalue weighted by Crippen LogP contribution is -2.10. The van der Waals surface area contributed by atoms with E-state index in [4.69, 9.17) is 8.92 Å². The van der Waals surface area contributed by atoms with Crippen LogP contribution in [-0.4, -0.2) is 13.4 Å². The number of H-pyrrole nitrogens is 1. The number of aromatic nitrogens is 1. The Hall–Kier alpha value is -4.03. The zero-order valence-electron chi connectivity index (χ0n) is 17.6. The molecule has 5 rings (SSSR count). The lowest BCUT2D eigenvalue weighted by molar-refractivity contribution is 0.296. The summed E-state index contributed by atoms with van der Waals surface area (Å²) in [6.45, 7) is 0.277. The molecule has 0 saturated heterocycles. The predicted octanol–water partition coefficient (Wildman–Crippen LogP) is 6.18. The van der Waals surface area contributed by atoms with E-state index in [2.05, 4.69) is 4.98 Å². The molecular weight excluding hydrogens is 434 g/mol. The molecule has 0 radical (unpaired) electrons. The molecule has 164 valence electrons. The summed E-state index contributed by atoms with van der Waals surface area (Å²) in [6, 6.07) is 33.0. The summed E-state index contributed by atoms with van der Waals surface area (Å²) >= 11 is 0. The van der Waals surface area contributed by atoms with Crippen LogP contribution in [0, 0.1) is 0 Å². The second-order valence-corrected chi connectivity index (χ2v) is 9.10. The van der Waals surface area contributed by atoms with Crippen LogP contribution in [0.2, 0.25) is 0 Å². The number of rotatable bonds is 7. The molecule has 6 heteroatoms. The van der Waals surface area contributed by atoms with E-state index in [1.165, 1.54) is 12.1 Å². The second kappa shape index (κ2) is 8.84. The maximum Gasteiger partial charge on any atom is 0.339 e. The van der Waals surface area contributed by atoms with Crippen molar-refractivity contribution >= 4 is 21.0 Å². The summed E-state index contributed by atoms with van der Waals surface area (Å²) in [5.41, 5.74) is 3.74. The molecular formula is C27H21NO4S. The van der Waals surface area contributed by atoms with Crippen LogP contribution in [0.4, 0.5) is 0 Å². The number of benzene rings is 4.